The van der Waals surface area contributed by atoms with Crippen LogP contribution in [0, 0.1) is 6.92 Å². The van der Waals surface area contributed by atoms with Crippen LogP contribution in [0.2, 0.25) is 0 Å². The van der Waals surface area contributed by atoms with Gasteiger partial charge in [-0.25, -0.2) is 4.68 Å². The summed E-state index contributed by atoms with van der Waals surface area (Å²) in [6.07, 6.45) is 3.68. The van der Waals surface area contributed by atoms with E-state index in [1.165, 1.54) is 9.87 Å². The molecule has 0 atom stereocenters. The van der Waals surface area contributed by atoms with E-state index >= 15 is 0 Å². The van der Waals surface area contributed by atoms with Gasteiger partial charge in [0.25, 0.3) is 0 Å². The first-order valence-electron chi connectivity index (χ1n) is 13.7. The summed E-state index contributed by atoms with van der Waals surface area (Å²) in [6.45, 7) is 3.17. The molecular weight excluding hydrogens is 522 g/mol. The van der Waals surface area contributed by atoms with Crippen molar-refractivity contribution < 1.29 is 13.2 Å². The van der Waals surface area contributed by atoms with E-state index in [-0.39, 0.29) is 5.91 Å². The number of hydrogen-bond donors (Lipinski definition) is 2. The van der Waals surface area contributed by atoms with Gasteiger partial charge in [-0.2, -0.15) is 17.8 Å². The fraction of sp³-hybridized carbons (Fsp3) is 0.290. The summed E-state index contributed by atoms with van der Waals surface area (Å²) in [7, 11) is -1.96. The van der Waals surface area contributed by atoms with Crippen LogP contribution in [0.4, 0.5) is 5.69 Å². The molecule has 0 radical (unpaired) electrons. The summed E-state index contributed by atoms with van der Waals surface area (Å²) in [4.78, 5) is 11.9. The molecule has 0 saturated carbocycles. The smallest absolute Gasteiger partial charge is 0.301 e. The Morgan fingerprint density at radius 3 is 2.08 bits per heavy atom. The maximum Gasteiger partial charge on any atom is 0.301 e. The zero-order chi connectivity index (χ0) is 28.1. The van der Waals surface area contributed by atoms with Gasteiger partial charge in [0.05, 0.1) is 17.1 Å². The lowest BCUT2D eigenvalue weighted by molar-refractivity contribution is -0.120. The van der Waals surface area contributed by atoms with E-state index in [9.17, 15) is 13.2 Å². The minimum absolute atomic E-state index is 0.0381. The third-order valence-electron chi connectivity index (χ3n) is 7.23. The molecule has 9 heteroatoms. The van der Waals surface area contributed by atoms with E-state index in [1.54, 1.807) is 19.2 Å². The molecule has 2 heterocycles. The number of amides is 1. The van der Waals surface area contributed by atoms with Gasteiger partial charge in [0.2, 0.25) is 5.91 Å². The molecular formula is C31H35N5O3S. The molecule has 4 aromatic rings. The van der Waals surface area contributed by atoms with E-state index in [2.05, 4.69) is 65.5 Å². The molecule has 1 aliphatic rings. The molecule has 0 spiro atoms. The van der Waals surface area contributed by atoms with E-state index < -0.39 is 10.2 Å². The second kappa shape index (κ2) is 12.1. The van der Waals surface area contributed by atoms with E-state index in [1.807, 2.05) is 22.9 Å². The molecule has 1 saturated heterocycles. The quantitative estimate of drug-likeness (QED) is 0.291. The summed E-state index contributed by atoms with van der Waals surface area (Å²) in [6, 6.07) is 26.0. The van der Waals surface area contributed by atoms with E-state index in [0.717, 1.165) is 53.0 Å². The van der Waals surface area contributed by atoms with Gasteiger partial charge in [0.1, 0.15) is 0 Å². The lowest BCUT2D eigenvalue weighted by Gasteiger charge is -2.26. The van der Waals surface area contributed by atoms with Crippen molar-refractivity contribution in [3.05, 3.63) is 90.1 Å². The van der Waals surface area contributed by atoms with Gasteiger partial charge < -0.3 is 5.32 Å². The van der Waals surface area contributed by atoms with Gasteiger partial charge in [-0.1, -0.05) is 60.5 Å². The summed E-state index contributed by atoms with van der Waals surface area (Å²) in [5.41, 5.74) is 7.48. The molecule has 0 bridgehead atoms. The number of carbonyl (C=O) groups is 1. The normalized spacial score (nSPS) is 14.2. The Morgan fingerprint density at radius 2 is 1.45 bits per heavy atom. The van der Waals surface area contributed by atoms with E-state index in [0.29, 0.717) is 31.6 Å². The van der Waals surface area contributed by atoms with Crippen molar-refractivity contribution in [1.29, 1.82) is 0 Å². The number of anilines is 1. The van der Waals surface area contributed by atoms with Crippen molar-refractivity contribution in [1.82, 2.24) is 19.4 Å². The Labute approximate surface area is 236 Å². The highest BCUT2D eigenvalue weighted by Gasteiger charge is 2.23. The second-order valence-electron chi connectivity index (χ2n) is 10.2. The number of aromatic nitrogens is 2. The van der Waals surface area contributed by atoms with Crippen molar-refractivity contribution in [3.63, 3.8) is 0 Å². The van der Waals surface area contributed by atoms with Crippen LogP contribution < -0.4 is 10.0 Å². The van der Waals surface area contributed by atoms with Crippen LogP contribution in [-0.2, 0) is 21.4 Å². The molecule has 208 valence electrons. The number of nitrogens with zero attached hydrogens (tertiary/aromatic N) is 3. The first kappa shape index (κ1) is 27.6. The molecule has 1 amide bonds. The first-order chi connectivity index (χ1) is 19.3. The maximum absolute atomic E-state index is 12.8. The Morgan fingerprint density at radius 1 is 0.850 bits per heavy atom. The Bertz CT molecular complexity index is 1550. The minimum atomic E-state index is -3.59. The Hall–Kier alpha value is -3.95. The summed E-state index contributed by atoms with van der Waals surface area (Å²) in [5, 5.41) is 7.48. The average molecular weight is 558 g/mol. The number of rotatable bonds is 9. The number of aryl methyl sites for hydroxylation is 2. The van der Waals surface area contributed by atoms with Gasteiger partial charge in [-0.3, -0.25) is 9.52 Å². The van der Waals surface area contributed by atoms with Crippen molar-refractivity contribution in [2.24, 2.45) is 0 Å². The van der Waals surface area contributed by atoms with Crippen molar-refractivity contribution in [2.45, 2.75) is 39.0 Å². The predicted octanol–water partition coefficient (Wildman–Crippen LogP) is 5.34. The number of hydrogen-bond acceptors (Lipinski definition) is 4. The maximum atomic E-state index is 12.8. The van der Waals surface area contributed by atoms with Gasteiger partial charge in [-0.15, -0.1) is 0 Å². The van der Waals surface area contributed by atoms with Crippen LogP contribution in [0.5, 0.6) is 0 Å². The van der Waals surface area contributed by atoms with Crippen LogP contribution >= 0.6 is 0 Å². The molecule has 5 rings (SSSR count). The molecule has 1 fully saturated rings. The SMILES string of the molecule is CNC(=O)CCc1cc(-c2ccc(-c3ccc(C)cc3)cc2)n(-c2ccc(NS(=O)(=O)N3CCCCC3)cc2)n1. The van der Waals surface area contributed by atoms with Gasteiger partial charge in [0.15, 0.2) is 0 Å². The monoisotopic (exact) mass is 557 g/mol. The lowest BCUT2D eigenvalue weighted by Crippen LogP contribution is -2.39. The molecule has 2 N–H and O–H groups in total. The standard InChI is InChI=1S/C31H35N5O3S/c1-23-6-8-24(9-7-23)25-10-12-26(13-11-25)30-22-28(16-19-31(37)32-2)33-36(30)29-17-14-27(15-18-29)34-40(38,39)35-20-4-3-5-21-35/h6-15,17-18,22,34H,3-5,16,19-21H2,1-2H3,(H,32,37). The zero-order valence-corrected chi connectivity index (χ0v) is 23.7. The van der Waals surface area contributed by atoms with Gasteiger partial charge in [-0.05, 0) is 61.2 Å². The topological polar surface area (TPSA) is 96.3 Å². The number of carbonyl (C=O) groups excluding carboxylic acids is 1. The first-order valence-corrected chi connectivity index (χ1v) is 15.1. The zero-order valence-electron chi connectivity index (χ0n) is 22.9. The summed E-state index contributed by atoms with van der Waals surface area (Å²) >= 11 is 0. The number of nitrogens with one attached hydrogen (secondary N) is 2. The molecule has 0 unspecified atom stereocenters. The Balaban J connectivity index is 1.42. The second-order valence-corrected chi connectivity index (χ2v) is 11.8. The number of piperidine rings is 1. The van der Waals surface area contributed by atoms with Crippen LogP contribution in [0.3, 0.4) is 0 Å². The average Bonchev–Trinajstić information content (AvgIpc) is 3.41. The minimum Gasteiger partial charge on any atom is -0.359 e. The fourth-order valence-corrected chi connectivity index (χ4v) is 6.19. The van der Waals surface area contributed by atoms with Crippen molar-refractivity contribution >= 4 is 21.8 Å². The highest BCUT2D eigenvalue weighted by molar-refractivity contribution is 7.90. The third-order valence-corrected chi connectivity index (χ3v) is 8.76. The molecule has 40 heavy (non-hydrogen) atoms. The highest BCUT2D eigenvalue weighted by Crippen LogP contribution is 2.29. The van der Waals surface area contributed by atoms with Crippen LogP contribution in [0.25, 0.3) is 28.1 Å². The molecule has 0 aliphatic carbocycles. The molecule has 1 aromatic heterocycles. The Kier molecular flexibility index (Phi) is 8.32. The summed E-state index contributed by atoms with van der Waals surface area (Å²) in [5.74, 6) is -0.0381. The van der Waals surface area contributed by atoms with Crippen LogP contribution in [-0.4, -0.2) is 48.5 Å². The third kappa shape index (κ3) is 6.43. The van der Waals surface area contributed by atoms with Crippen LogP contribution in [0.15, 0.2) is 78.9 Å². The predicted molar refractivity (Wildman–Crippen MR) is 160 cm³/mol. The number of benzene rings is 3. The van der Waals surface area contributed by atoms with Crippen molar-refractivity contribution in [3.8, 4) is 28.1 Å². The van der Waals surface area contributed by atoms with E-state index in [4.69, 9.17) is 5.10 Å². The molecule has 3 aromatic carbocycles. The molecule has 8 nitrogen and oxygen atoms in total. The fourth-order valence-electron chi connectivity index (χ4n) is 4.89. The largest absolute Gasteiger partial charge is 0.359 e. The molecule has 1 aliphatic heterocycles. The van der Waals surface area contributed by atoms with Gasteiger partial charge >= 0.3 is 10.2 Å². The van der Waals surface area contributed by atoms with Crippen molar-refractivity contribution in [2.75, 3.05) is 24.9 Å². The highest BCUT2D eigenvalue weighted by atomic mass is 32.2. The van der Waals surface area contributed by atoms with Crippen LogP contribution in [0.1, 0.15) is 36.9 Å². The van der Waals surface area contributed by atoms with Gasteiger partial charge in [0, 0.05) is 44.2 Å². The lowest BCUT2D eigenvalue weighted by atomic mass is 10.0. The summed E-state index contributed by atoms with van der Waals surface area (Å²) < 4.78 is 31.7.